The monoisotopic (exact) mass is 300 g/mol. The summed E-state index contributed by atoms with van der Waals surface area (Å²) in [5.74, 6) is 0. The van der Waals surface area contributed by atoms with Crippen LogP contribution in [0.3, 0.4) is 0 Å². The molecule has 5 heteroatoms. The molecule has 0 saturated carbocycles. The molecule has 0 bridgehead atoms. The largest absolute Gasteiger partial charge is 0.387 e. The molecule has 0 amide bonds. The van der Waals surface area contributed by atoms with Gasteiger partial charge >= 0.3 is 0 Å². The van der Waals surface area contributed by atoms with Gasteiger partial charge in [0.1, 0.15) is 0 Å². The van der Waals surface area contributed by atoms with Crippen LogP contribution < -0.4 is 5.56 Å². The minimum absolute atomic E-state index is 0.151. The Morgan fingerprint density at radius 3 is 2.71 bits per heavy atom. The lowest BCUT2D eigenvalue weighted by atomic mass is 10.1. The number of aliphatic hydroxyl groups excluding tert-OH is 1. The summed E-state index contributed by atoms with van der Waals surface area (Å²) in [6.45, 7) is 0.151. The predicted octanol–water partition coefficient (Wildman–Crippen LogP) is 2.78. The summed E-state index contributed by atoms with van der Waals surface area (Å²) in [4.78, 5) is 16.6. The quantitative estimate of drug-likeness (QED) is 0.809. The van der Waals surface area contributed by atoms with Crippen molar-refractivity contribution in [1.29, 1.82) is 0 Å². The van der Waals surface area contributed by atoms with Crippen molar-refractivity contribution < 1.29 is 5.11 Å². The van der Waals surface area contributed by atoms with Crippen molar-refractivity contribution in [1.82, 2.24) is 9.55 Å². The first-order valence-electron chi connectivity index (χ1n) is 6.53. The topological polar surface area (TPSA) is 55.1 Å². The number of aromatic nitrogens is 2. The number of fused-ring (bicyclic) bond motifs is 1. The van der Waals surface area contributed by atoms with E-state index in [0.717, 1.165) is 5.56 Å². The fourth-order valence-electron chi connectivity index (χ4n) is 2.23. The van der Waals surface area contributed by atoms with Crippen LogP contribution in [0.1, 0.15) is 11.7 Å². The van der Waals surface area contributed by atoms with Gasteiger partial charge in [0.25, 0.3) is 5.56 Å². The van der Waals surface area contributed by atoms with E-state index in [9.17, 15) is 9.90 Å². The van der Waals surface area contributed by atoms with Crippen molar-refractivity contribution in [2.45, 2.75) is 12.6 Å². The zero-order chi connectivity index (χ0) is 14.8. The molecule has 0 fully saturated rings. The number of hydrogen-bond acceptors (Lipinski definition) is 3. The summed E-state index contributed by atoms with van der Waals surface area (Å²) < 4.78 is 1.40. The average molecular weight is 301 g/mol. The Balaban J connectivity index is 1.98. The third kappa shape index (κ3) is 2.82. The SMILES string of the molecule is O=c1c2cc(Cl)ccc2ncn1C[C@@H](O)c1ccccc1. The molecule has 1 heterocycles. The van der Waals surface area contributed by atoms with Gasteiger partial charge in [-0.25, -0.2) is 4.98 Å². The molecule has 0 radical (unpaired) electrons. The van der Waals surface area contributed by atoms with Crippen molar-refractivity contribution in [3.05, 3.63) is 75.8 Å². The van der Waals surface area contributed by atoms with Gasteiger partial charge in [0, 0.05) is 5.02 Å². The highest BCUT2D eigenvalue weighted by atomic mass is 35.5. The molecule has 0 aliphatic rings. The van der Waals surface area contributed by atoms with Gasteiger partial charge in [0.2, 0.25) is 0 Å². The van der Waals surface area contributed by atoms with Gasteiger partial charge in [-0.15, -0.1) is 0 Å². The van der Waals surface area contributed by atoms with Crippen LogP contribution in [0.5, 0.6) is 0 Å². The molecule has 0 aliphatic carbocycles. The van der Waals surface area contributed by atoms with E-state index in [1.807, 2.05) is 30.3 Å². The Hall–Kier alpha value is -2.17. The maximum absolute atomic E-state index is 12.4. The third-order valence-corrected chi connectivity index (χ3v) is 3.58. The molecule has 0 spiro atoms. The van der Waals surface area contributed by atoms with E-state index in [1.54, 1.807) is 18.2 Å². The summed E-state index contributed by atoms with van der Waals surface area (Å²) in [7, 11) is 0. The number of nitrogens with zero attached hydrogens (tertiary/aromatic N) is 2. The van der Waals surface area contributed by atoms with Crippen molar-refractivity contribution in [2.24, 2.45) is 0 Å². The van der Waals surface area contributed by atoms with Crippen molar-refractivity contribution in [3.63, 3.8) is 0 Å². The summed E-state index contributed by atoms with van der Waals surface area (Å²) in [5, 5.41) is 11.1. The molecule has 1 atom stereocenters. The van der Waals surface area contributed by atoms with E-state index in [1.165, 1.54) is 10.9 Å². The molecule has 0 unspecified atom stereocenters. The van der Waals surface area contributed by atoms with E-state index in [-0.39, 0.29) is 12.1 Å². The van der Waals surface area contributed by atoms with Crippen LogP contribution in [0.4, 0.5) is 0 Å². The molecule has 21 heavy (non-hydrogen) atoms. The predicted molar refractivity (Wildman–Crippen MR) is 82.4 cm³/mol. The Morgan fingerprint density at radius 2 is 1.95 bits per heavy atom. The minimum atomic E-state index is -0.762. The van der Waals surface area contributed by atoms with Crippen LogP contribution in [-0.4, -0.2) is 14.7 Å². The number of halogens is 1. The van der Waals surface area contributed by atoms with Crippen molar-refractivity contribution in [2.75, 3.05) is 0 Å². The number of hydrogen-bond donors (Lipinski definition) is 1. The van der Waals surface area contributed by atoms with Crippen LogP contribution in [0.25, 0.3) is 10.9 Å². The Bertz CT molecular complexity index is 831. The molecule has 2 aromatic carbocycles. The number of rotatable bonds is 3. The first-order chi connectivity index (χ1) is 10.1. The fraction of sp³-hybridized carbons (Fsp3) is 0.125. The maximum Gasteiger partial charge on any atom is 0.261 e. The van der Waals surface area contributed by atoms with Gasteiger partial charge in [-0.05, 0) is 23.8 Å². The van der Waals surface area contributed by atoms with E-state index < -0.39 is 6.10 Å². The van der Waals surface area contributed by atoms with Crippen molar-refractivity contribution in [3.8, 4) is 0 Å². The van der Waals surface area contributed by atoms with E-state index in [2.05, 4.69) is 4.98 Å². The molecule has 106 valence electrons. The lowest BCUT2D eigenvalue weighted by Crippen LogP contribution is -2.23. The minimum Gasteiger partial charge on any atom is -0.387 e. The maximum atomic E-state index is 12.4. The Kier molecular flexibility index (Phi) is 3.73. The van der Waals surface area contributed by atoms with Crippen LogP contribution >= 0.6 is 11.6 Å². The highest BCUT2D eigenvalue weighted by Gasteiger charge is 2.11. The Labute approximate surface area is 126 Å². The number of benzene rings is 2. The summed E-state index contributed by atoms with van der Waals surface area (Å²) >= 11 is 5.92. The van der Waals surface area contributed by atoms with Crippen LogP contribution in [0, 0.1) is 0 Å². The first-order valence-corrected chi connectivity index (χ1v) is 6.90. The molecule has 1 aromatic heterocycles. The van der Waals surface area contributed by atoms with E-state index in [4.69, 9.17) is 11.6 Å². The van der Waals surface area contributed by atoms with Gasteiger partial charge in [-0.2, -0.15) is 0 Å². The third-order valence-electron chi connectivity index (χ3n) is 3.34. The highest BCUT2D eigenvalue weighted by molar-refractivity contribution is 6.31. The Morgan fingerprint density at radius 1 is 1.19 bits per heavy atom. The molecule has 3 aromatic rings. The zero-order valence-corrected chi connectivity index (χ0v) is 11.9. The smallest absolute Gasteiger partial charge is 0.261 e. The van der Waals surface area contributed by atoms with Gasteiger partial charge in [-0.3, -0.25) is 9.36 Å². The highest BCUT2D eigenvalue weighted by Crippen LogP contribution is 2.16. The lowest BCUT2D eigenvalue weighted by Gasteiger charge is -2.13. The average Bonchev–Trinajstić information content (AvgIpc) is 2.51. The van der Waals surface area contributed by atoms with E-state index in [0.29, 0.717) is 15.9 Å². The zero-order valence-electron chi connectivity index (χ0n) is 11.1. The normalized spacial score (nSPS) is 12.5. The second-order valence-electron chi connectivity index (χ2n) is 4.79. The molecule has 0 aliphatic heterocycles. The second kappa shape index (κ2) is 5.68. The number of aliphatic hydroxyl groups is 1. The van der Waals surface area contributed by atoms with Crippen LogP contribution in [0.2, 0.25) is 5.02 Å². The molecule has 0 saturated heterocycles. The second-order valence-corrected chi connectivity index (χ2v) is 5.23. The van der Waals surface area contributed by atoms with Gasteiger partial charge in [0.05, 0.1) is 29.9 Å². The summed E-state index contributed by atoms with van der Waals surface area (Å²) in [6.07, 6.45) is 0.687. The van der Waals surface area contributed by atoms with Crippen molar-refractivity contribution >= 4 is 22.5 Å². The van der Waals surface area contributed by atoms with Crippen LogP contribution in [0.15, 0.2) is 59.7 Å². The molecular formula is C16H13ClN2O2. The van der Waals surface area contributed by atoms with E-state index >= 15 is 0 Å². The van der Waals surface area contributed by atoms with Gasteiger partial charge in [-0.1, -0.05) is 41.9 Å². The van der Waals surface area contributed by atoms with Crippen LogP contribution in [-0.2, 0) is 6.54 Å². The lowest BCUT2D eigenvalue weighted by molar-refractivity contribution is 0.155. The fourth-order valence-corrected chi connectivity index (χ4v) is 2.40. The molecular weight excluding hydrogens is 288 g/mol. The molecule has 4 nitrogen and oxygen atoms in total. The van der Waals surface area contributed by atoms with Gasteiger partial charge < -0.3 is 5.11 Å². The molecule has 1 N–H and O–H groups in total. The summed E-state index contributed by atoms with van der Waals surface area (Å²) in [5.41, 5.74) is 1.14. The standard InChI is InChI=1S/C16H13ClN2O2/c17-12-6-7-14-13(8-12)16(21)19(10-18-14)9-15(20)11-4-2-1-3-5-11/h1-8,10,15,20H,9H2/t15-/m1/s1. The first kappa shape index (κ1) is 13.8. The molecule has 3 rings (SSSR count). The van der Waals surface area contributed by atoms with Gasteiger partial charge in [0.15, 0.2) is 0 Å². The summed E-state index contributed by atoms with van der Waals surface area (Å²) in [6, 6.07) is 14.2.